The van der Waals surface area contributed by atoms with Crippen molar-refractivity contribution in [2.75, 3.05) is 52.6 Å². The molecule has 2 aromatic rings. The molecule has 1 aromatic heterocycles. The second kappa shape index (κ2) is 11.4. The summed E-state index contributed by atoms with van der Waals surface area (Å²) in [5.74, 6) is 0.0421. The molecule has 1 atom stereocenters. The molecule has 34 heavy (non-hydrogen) atoms. The lowest BCUT2D eigenvalue weighted by molar-refractivity contribution is -0.167. The van der Waals surface area contributed by atoms with E-state index in [1.165, 1.54) is 30.6 Å². The molecule has 0 bridgehead atoms. The zero-order chi connectivity index (χ0) is 23.8. The van der Waals surface area contributed by atoms with Crippen molar-refractivity contribution >= 4 is 11.8 Å². The predicted molar refractivity (Wildman–Crippen MR) is 118 cm³/mol. The molecule has 0 saturated carbocycles. The summed E-state index contributed by atoms with van der Waals surface area (Å²) in [4.78, 5) is 33.4. The van der Waals surface area contributed by atoms with E-state index >= 15 is 0 Å². The van der Waals surface area contributed by atoms with Gasteiger partial charge in [0.25, 0.3) is 0 Å². The number of benzene rings is 1. The van der Waals surface area contributed by atoms with E-state index in [4.69, 9.17) is 14.2 Å². The molecule has 0 spiro atoms. The average molecular weight is 476 g/mol. The third kappa shape index (κ3) is 6.51. The Morgan fingerprint density at radius 1 is 1.06 bits per heavy atom. The third-order valence-electron chi connectivity index (χ3n) is 6.00. The highest BCUT2D eigenvalue weighted by Gasteiger charge is 2.42. The number of aryl methyl sites for hydroxylation is 1. The van der Waals surface area contributed by atoms with Gasteiger partial charge < -0.3 is 24.0 Å². The first-order valence-electron chi connectivity index (χ1n) is 11.5. The second-order valence-electron chi connectivity index (χ2n) is 8.52. The standard InChI is InChI=1S/C23H30FN5O5/c24-19-3-5-20(6-4-19)33-16-23(14-22(31)27-8-11-32-12-9-27)15-28(10-13-34-23)21(30)2-1-7-29-18-25-17-26-29/h3-6,17-18H,1-2,7-16H2/t23-/m0/s1. The molecule has 0 aliphatic carbocycles. The highest BCUT2D eigenvalue weighted by molar-refractivity contribution is 5.79. The highest BCUT2D eigenvalue weighted by atomic mass is 19.1. The van der Waals surface area contributed by atoms with Gasteiger partial charge in [0.05, 0.1) is 32.8 Å². The lowest BCUT2D eigenvalue weighted by atomic mass is 9.96. The van der Waals surface area contributed by atoms with Gasteiger partial charge in [-0.25, -0.2) is 9.37 Å². The van der Waals surface area contributed by atoms with Gasteiger partial charge in [-0.3, -0.25) is 14.3 Å². The Morgan fingerprint density at radius 3 is 2.56 bits per heavy atom. The highest BCUT2D eigenvalue weighted by Crippen LogP contribution is 2.26. The molecule has 1 aromatic carbocycles. The van der Waals surface area contributed by atoms with Gasteiger partial charge in [-0.05, 0) is 30.7 Å². The van der Waals surface area contributed by atoms with Crippen molar-refractivity contribution in [1.29, 1.82) is 0 Å². The van der Waals surface area contributed by atoms with Crippen LogP contribution in [0.15, 0.2) is 36.9 Å². The number of rotatable bonds is 9. The number of hydrogen-bond donors (Lipinski definition) is 0. The van der Waals surface area contributed by atoms with Crippen LogP contribution in [0.25, 0.3) is 0 Å². The summed E-state index contributed by atoms with van der Waals surface area (Å²) in [7, 11) is 0. The van der Waals surface area contributed by atoms with E-state index in [9.17, 15) is 14.0 Å². The Kier molecular flexibility index (Phi) is 8.07. The first-order chi connectivity index (χ1) is 16.5. The minimum Gasteiger partial charge on any atom is -0.490 e. The average Bonchev–Trinajstić information content (AvgIpc) is 3.38. The van der Waals surface area contributed by atoms with Crippen LogP contribution in [0.1, 0.15) is 19.3 Å². The van der Waals surface area contributed by atoms with Crippen molar-refractivity contribution in [1.82, 2.24) is 24.6 Å². The fraction of sp³-hybridized carbons (Fsp3) is 0.565. The quantitative estimate of drug-likeness (QED) is 0.536. The third-order valence-corrected chi connectivity index (χ3v) is 6.00. The Morgan fingerprint density at radius 2 is 1.82 bits per heavy atom. The topological polar surface area (TPSA) is 99.0 Å². The molecule has 2 saturated heterocycles. The van der Waals surface area contributed by atoms with Crippen LogP contribution >= 0.6 is 0 Å². The van der Waals surface area contributed by atoms with Gasteiger partial charge in [-0.15, -0.1) is 0 Å². The summed E-state index contributed by atoms with van der Waals surface area (Å²) in [6.07, 6.45) is 4.15. The molecule has 4 rings (SSSR count). The van der Waals surface area contributed by atoms with Crippen molar-refractivity contribution in [3.63, 3.8) is 0 Å². The van der Waals surface area contributed by atoms with Crippen LogP contribution in [0.2, 0.25) is 0 Å². The first kappa shape index (κ1) is 24.1. The van der Waals surface area contributed by atoms with Crippen LogP contribution in [-0.4, -0.2) is 94.6 Å². The second-order valence-corrected chi connectivity index (χ2v) is 8.52. The molecule has 2 fully saturated rings. The van der Waals surface area contributed by atoms with Crippen LogP contribution in [0.5, 0.6) is 5.75 Å². The summed E-state index contributed by atoms with van der Waals surface area (Å²) < 4.78 is 32.3. The summed E-state index contributed by atoms with van der Waals surface area (Å²) in [6, 6.07) is 5.69. The first-order valence-corrected chi connectivity index (χ1v) is 11.5. The van der Waals surface area contributed by atoms with Crippen molar-refractivity contribution in [2.45, 2.75) is 31.4 Å². The lowest BCUT2D eigenvalue weighted by Crippen LogP contribution is -2.58. The molecule has 0 N–H and O–H groups in total. The molecular weight excluding hydrogens is 445 g/mol. The summed E-state index contributed by atoms with van der Waals surface area (Å²) in [5, 5.41) is 4.05. The Hall–Kier alpha value is -3.05. The fourth-order valence-corrected chi connectivity index (χ4v) is 4.15. The molecule has 0 radical (unpaired) electrons. The molecule has 2 aliphatic heterocycles. The maximum absolute atomic E-state index is 13.3. The predicted octanol–water partition coefficient (Wildman–Crippen LogP) is 1.12. The van der Waals surface area contributed by atoms with Crippen LogP contribution in [0, 0.1) is 5.82 Å². The van der Waals surface area contributed by atoms with E-state index in [-0.39, 0.29) is 37.2 Å². The van der Waals surface area contributed by atoms with E-state index in [0.29, 0.717) is 64.6 Å². The van der Waals surface area contributed by atoms with Crippen molar-refractivity contribution in [3.05, 3.63) is 42.7 Å². The molecule has 3 heterocycles. The number of carbonyl (C=O) groups is 2. The minimum absolute atomic E-state index is 0.00612. The van der Waals surface area contributed by atoms with Crippen molar-refractivity contribution in [3.8, 4) is 5.75 Å². The Bertz CT molecular complexity index is 936. The summed E-state index contributed by atoms with van der Waals surface area (Å²) in [6.45, 7) is 3.72. The number of aromatic nitrogens is 3. The van der Waals surface area contributed by atoms with Gasteiger partial charge >= 0.3 is 0 Å². The number of halogens is 1. The van der Waals surface area contributed by atoms with E-state index in [0.717, 1.165) is 0 Å². The van der Waals surface area contributed by atoms with E-state index in [1.54, 1.807) is 20.8 Å². The molecule has 2 amide bonds. The van der Waals surface area contributed by atoms with E-state index in [1.807, 2.05) is 0 Å². The van der Waals surface area contributed by atoms with Crippen molar-refractivity contribution < 1.29 is 28.2 Å². The summed E-state index contributed by atoms with van der Waals surface area (Å²) in [5.41, 5.74) is -0.996. The number of amides is 2. The minimum atomic E-state index is -0.996. The monoisotopic (exact) mass is 475 g/mol. The van der Waals surface area contributed by atoms with Crippen LogP contribution in [-0.2, 0) is 25.6 Å². The van der Waals surface area contributed by atoms with E-state index < -0.39 is 5.60 Å². The molecule has 11 heteroatoms. The molecule has 0 unspecified atom stereocenters. The fourth-order valence-electron chi connectivity index (χ4n) is 4.15. The zero-order valence-corrected chi connectivity index (χ0v) is 19.1. The van der Waals surface area contributed by atoms with Crippen LogP contribution in [0.4, 0.5) is 4.39 Å². The largest absolute Gasteiger partial charge is 0.490 e. The zero-order valence-electron chi connectivity index (χ0n) is 19.1. The maximum Gasteiger partial charge on any atom is 0.225 e. The lowest BCUT2D eigenvalue weighted by Gasteiger charge is -2.43. The van der Waals surface area contributed by atoms with Crippen molar-refractivity contribution in [2.24, 2.45) is 0 Å². The van der Waals surface area contributed by atoms with Gasteiger partial charge in [0.2, 0.25) is 11.8 Å². The number of morpholine rings is 2. The SMILES string of the molecule is O=C(C[C@@]1(COc2ccc(F)cc2)CN(C(=O)CCCn2cncn2)CCO1)N1CCOCC1. The molecule has 10 nitrogen and oxygen atoms in total. The van der Waals surface area contributed by atoms with Crippen LogP contribution < -0.4 is 4.74 Å². The van der Waals surface area contributed by atoms with Gasteiger partial charge in [0.15, 0.2) is 0 Å². The number of carbonyl (C=O) groups excluding carboxylic acids is 2. The normalized spacial score (nSPS) is 20.9. The van der Waals surface area contributed by atoms with Gasteiger partial charge in [0, 0.05) is 32.6 Å². The number of ether oxygens (including phenoxy) is 3. The smallest absolute Gasteiger partial charge is 0.225 e. The molecule has 2 aliphatic rings. The van der Waals surface area contributed by atoms with Gasteiger partial charge in [-0.1, -0.05) is 0 Å². The summed E-state index contributed by atoms with van der Waals surface area (Å²) >= 11 is 0. The number of nitrogens with zero attached hydrogens (tertiary/aromatic N) is 5. The molecular formula is C23H30FN5O5. The van der Waals surface area contributed by atoms with E-state index in [2.05, 4.69) is 10.1 Å². The van der Waals surface area contributed by atoms with Crippen LogP contribution in [0.3, 0.4) is 0 Å². The Balaban J connectivity index is 1.41. The van der Waals surface area contributed by atoms with Gasteiger partial charge in [0.1, 0.15) is 36.4 Å². The maximum atomic E-state index is 13.3. The Labute approximate surface area is 197 Å². The molecule has 184 valence electrons. The van der Waals surface area contributed by atoms with Gasteiger partial charge in [-0.2, -0.15) is 5.10 Å². The number of hydrogen-bond acceptors (Lipinski definition) is 7.